The van der Waals surface area contributed by atoms with Crippen LogP contribution < -0.4 is 0 Å². The van der Waals surface area contributed by atoms with Gasteiger partial charge in [-0.2, -0.15) is 0 Å². The second-order valence-corrected chi connectivity index (χ2v) is 7.46. The van der Waals surface area contributed by atoms with Crippen LogP contribution in [0.5, 0.6) is 0 Å². The highest BCUT2D eigenvalue weighted by Crippen LogP contribution is 2.31. The van der Waals surface area contributed by atoms with Crippen molar-refractivity contribution in [2.24, 2.45) is 11.8 Å². The molecule has 1 aliphatic carbocycles. The van der Waals surface area contributed by atoms with Crippen LogP contribution in [-0.2, 0) is 9.59 Å². The maximum absolute atomic E-state index is 12.7. The Morgan fingerprint density at radius 2 is 1.65 bits per heavy atom. The maximum atomic E-state index is 12.7. The molecule has 140 valence electrons. The predicted molar refractivity (Wildman–Crippen MR) is 97.0 cm³/mol. The second-order valence-electron chi connectivity index (χ2n) is 7.03. The zero-order valence-corrected chi connectivity index (χ0v) is 15.3. The van der Waals surface area contributed by atoms with Gasteiger partial charge in [-0.1, -0.05) is 24.1 Å². The van der Waals surface area contributed by atoms with Gasteiger partial charge in [0.05, 0.1) is 5.92 Å². The van der Waals surface area contributed by atoms with E-state index in [0.717, 1.165) is 12.8 Å². The number of carbonyl (C=O) groups excluding carboxylic acids is 2. The molecule has 1 aliphatic heterocycles. The van der Waals surface area contributed by atoms with E-state index in [9.17, 15) is 19.5 Å². The van der Waals surface area contributed by atoms with E-state index >= 15 is 0 Å². The number of aliphatic carboxylic acids is 1. The van der Waals surface area contributed by atoms with Crippen molar-refractivity contribution >= 4 is 29.4 Å². The van der Waals surface area contributed by atoms with Crippen LogP contribution in [0.25, 0.3) is 0 Å². The van der Waals surface area contributed by atoms with E-state index in [0.29, 0.717) is 49.6 Å². The number of nitrogens with zero attached hydrogens (tertiary/aromatic N) is 2. The van der Waals surface area contributed by atoms with Crippen molar-refractivity contribution in [2.45, 2.75) is 25.7 Å². The Labute approximate surface area is 157 Å². The van der Waals surface area contributed by atoms with E-state index in [1.54, 1.807) is 34.1 Å². The van der Waals surface area contributed by atoms with Gasteiger partial charge >= 0.3 is 5.97 Å². The molecule has 1 aromatic rings. The van der Waals surface area contributed by atoms with Crippen LogP contribution >= 0.6 is 11.6 Å². The van der Waals surface area contributed by atoms with Gasteiger partial charge in [-0.3, -0.25) is 14.4 Å². The van der Waals surface area contributed by atoms with Crippen molar-refractivity contribution in [3.05, 3.63) is 34.9 Å². The minimum absolute atomic E-state index is 0.0332. The summed E-state index contributed by atoms with van der Waals surface area (Å²) in [6.07, 6.45) is 2.61. The monoisotopic (exact) mass is 378 g/mol. The van der Waals surface area contributed by atoms with Gasteiger partial charge in [-0.05, 0) is 37.5 Å². The van der Waals surface area contributed by atoms with Crippen LogP contribution in [0.1, 0.15) is 36.0 Å². The maximum Gasteiger partial charge on any atom is 0.306 e. The molecule has 0 spiro atoms. The van der Waals surface area contributed by atoms with Crippen LogP contribution in [0.15, 0.2) is 24.3 Å². The van der Waals surface area contributed by atoms with E-state index < -0.39 is 11.9 Å². The second kappa shape index (κ2) is 8.08. The molecule has 0 aromatic heterocycles. The minimum Gasteiger partial charge on any atom is -0.481 e. The summed E-state index contributed by atoms with van der Waals surface area (Å²) in [5.41, 5.74) is 0.550. The Balaban J connectivity index is 1.55. The van der Waals surface area contributed by atoms with Crippen molar-refractivity contribution in [2.75, 3.05) is 26.2 Å². The number of carbonyl (C=O) groups is 3. The summed E-state index contributed by atoms with van der Waals surface area (Å²) in [5, 5.41) is 9.72. The third-order valence-corrected chi connectivity index (χ3v) is 5.56. The number of carboxylic acids is 1. The molecular formula is C19H23ClN2O4. The van der Waals surface area contributed by atoms with Crippen molar-refractivity contribution in [1.29, 1.82) is 0 Å². The Hall–Kier alpha value is -2.08. The molecule has 2 unspecified atom stereocenters. The van der Waals surface area contributed by atoms with Gasteiger partial charge in [-0.25, -0.2) is 0 Å². The van der Waals surface area contributed by atoms with Gasteiger partial charge in [0, 0.05) is 42.7 Å². The van der Waals surface area contributed by atoms with Crippen LogP contribution in [-0.4, -0.2) is 58.9 Å². The van der Waals surface area contributed by atoms with Gasteiger partial charge in [0.25, 0.3) is 5.91 Å². The van der Waals surface area contributed by atoms with Crippen LogP contribution in [0.3, 0.4) is 0 Å². The smallest absolute Gasteiger partial charge is 0.306 e. The SMILES string of the molecule is O=C(O)C1CCCC(C(=O)N2CCN(C(=O)c3cccc(Cl)c3)CC2)C1. The molecule has 1 N–H and O–H groups in total. The first-order valence-corrected chi connectivity index (χ1v) is 9.40. The van der Waals surface area contributed by atoms with E-state index in [-0.39, 0.29) is 17.7 Å². The van der Waals surface area contributed by atoms with Crippen molar-refractivity contribution in [3.8, 4) is 0 Å². The van der Waals surface area contributed by atoms with Gasteiger partial charge in [0.15, 0.2) is 0 Å². The Morgan fingerprint density at radius 1 is 1.00 bits per heavy atom. The third-order valence-electron chi connectivity index (χ3n) is 5.32. The molecule has 26 heavy (non-hydrogen) atoms. The number of amides is 2. The number of benzene rings is 1. The summed E-state index contributed by atoms with van der Waals surface area (Å²) in [4.78, 5) is 40.0. The summed E-state index contributed by atoms with van der Waals surface area (Å²) in [7, 11) is 0. The van der Waals surface area contributed by atoms with E-state index in [1.165, 1.54) is 0 Å². The fraction of sp³-hybridized carbons (Fsp3) is 0.526. The normalized spacial score (nSPS) is 23.6. The fourth-order valence-corrected chi connectivity index (χ4v) is 4.02. The average molecular weight is 379 g/mol. The minimum atomic E-state index is -0.806. The zero-order valence-electron chi connectivity index (χ0n) is 14.6. The first kappa shape index (κ1) is 18.7. The number of halogens is 1. The zero-order chi connectivity index (χ0) is 18.7. The molecule has 6 nitrogen and oxygen atoms in total. The number of hydrogen-bond donors (Lipinski definition) is 1. The lowest BCUT2D eigenvalue weighted by molar-refractivity contribution is -0.146. The van der Waals surface area contributed by atoms with E-state index in [2.05, 4.69) is 0 Å². The third kappa shape index (κ3) is 4.18. The van der Waals surface area contributed by atoms with Gasteiger partial charge in [0.2, 0.25) is 5.91 Å². The van der Waals surface area contributed by atoms with Crippen LogP contribution in [0.2, 0.25) is 5.02 Å². The first-order valence-electron chi connectivity index (χ1n) is 9.02. The lowest BCUT2D eigenvalue weighted by Crippen LogP contribution is -2.52. The van der Waals surface area contributed by atoms with Gasteiger partial charge in [-0.15, -0.1) is 0 Å². The van der Waals surface area contributed by atoms with Crippen molar-refractivity contribution < 1.29 is 19.5 Å². The van der Waals surface area contributed by atoms with Gasteiger partial charge in [0.1, 0.15) is 0 Å². The summed E-state index contributed by atoms with van der Waals surface area (Å²) in [5.74, 6) is -1.48. The lowest BCUT2D eigenvalue weighted by atomic mass is 9.80. The first-order chi connectivity index (χ1) is 12.5. The Bertz CT molecular complexity index is 701. The predicted octanol–water partition coefficient (Wildman–Crippen LogP) is 2.52. The Morgan fingerprint density at radius 3 is 2.31 bits per heavy atom. The summed E-state index contributed by atoms with van der Waals surface area (Å²) in [6, 6.07) is 6.86. The Kier molecular flexibility index (Phi) is 5.81. The molecule has 2 fully saturated rings. The average Bonchev–Trinajstić information content (AvgIpc) is 2.67. The summed E-state index contributed by atoms with van der Waals surface area (Å²) < 4.78 is 0. The molecule has 1 saturated carbocycles. The molecule has 2 amide bonds. The summed E-state index contributed by atoms with van der Waals surface area (Å²) >= 11 is 5.95. The van der Waals surface area contributed by atoms with Crippen LogP contribution in [0, 0.1) is 11.8 Å². The highest BCUT2D eigenvalue weighted by atomic mass is 35.5. The standard InChI is InChI=1S/C19H23ClN2O4/c20-16-6-2-4-14(12-16)18(24)22-9-7-21(8-10-22)17(23)13-3-1-5-15(11-13)19(25)26/h2,4,6,12-13,15H,1,3,5,7-11H2,(H,25,26). The van der Waals surface area contributed by atoms with E-state index in [4.69, 9.17) is 11.6 Å². The highest BCUT2D eigenvalue weighted by molar-refractivity contribution is 6.30. The molecule has 7 heteroatoms. The van der Waals surface area contributed by atoms with E-state index in [1.807, 2.05) is 0 Å². The number of piperazine rings is 1. The highest BCUT2D eigenvalue weighted by Gasteiger charge is 2.34. The fourth-order valence-electron chi connectivity index (χ4n) is 3.83. The molecular weight excluding hydrogens is 356 g/mol. The van der Waals surface area contributed by atoms with Crippen molar-refractivity contribution in [1.82, 2.24) is 9.80 Å². The topological polar surface area (TPSA) is 77.9 Å². The molecule has 2 atom stereocenters. The lowest BCUT2D eigenvalue weighted by Gasteiger charge is -2.37. The van der Waals surface area contributed by atoms with Crippen LogP contribution in [0.4, 0.5) is 0 Å². The molecule has 1 heterocycles. The largest absolute Gasteiger partial charge is 0.481 e. The molecule has 2 aliphatic rings. The number of rotatable bonds is 3. The molecule has 1 saturated heterocycles. The quantitative estimate of drug-likeness (QED) is 0.876. The molecule has 1 aromatic carbocycles. The van der Waals surface area contributed by atoms with Gasteiger partial charge < -0.3 is 14.9 Å². The van der Waals surface area contributed by atoms with Crippen molar-refractivity contribution in [3.63, 3.8) is 0 Å². The number of hydrogen-bond acceptors (Lipinski definition) is 3. The molecule has 3 rings (SSSR count). The molecule has 0 bridgehead atoms. The molecule has 0 radical (unpaired) electrons. The number of carboxylic acid groups (broad SMARTS) is 1. The summed E-state index contributed by atoms with van der Waals surface area (Å²) in [6.45, 7) is 1.93.